The third-order valence-corrected chi connectivity index (χ3v) is 3.40. The Balaban J connectivity index is 3.34. The molecule has 3 heteroatoms. The zero-order valence-electron chi connectivity index (χ0n) is 13.2. The van der Waals surface area contributed by atoms with Gasteiger partial charge in [-0.25, -0.2) is 0 Å². The third-order valence-electron chi connectivity index (χ3n) is 3.40. The lowest BCUT2D eigenvalue weighted by molar-refractivity contribution is -0.137. The van der Waals surface area contributed by atoms with Crippen molar-refractivity contribution in [2.45, 2.75) is 53.4 Å². The molecule has 3 nitrogen and oxygen atoms in total. The molecular formula is C17H24O3. The van der Waals surface area contributed by atoms with Crippen molar-refractivity contribution in [3.05, 3.63) is 28.8 Å². The van der Waals surface area contributed by atoms with Gasteiger partial charge < -0.3 is 9.53 Å². The maximum absolute atomic E-state index is 11.9. The highest BCUT2D eigenvalue weighted by Crippen LogP contribution is 2.37. The number of aryl methyl sites for hydroxylation is 2. The molecule has 20 heavy (non-hydrogen) atoms. The second kappa shape index (κ2) is 6.21. The smallest absolute Gasteiger partial charge is 0.313 e. The number of hydrogen-bond donors (Lipinski definition) is 0. The van der Waals surface area contributed by atoms with Crippen LogP contribution in [0.25, 0.3) is 0 Å². The molecular weight excluding hydrogens is 252 g/mol. The predicted molar refractivity (Wildman–Crippen MR) is 80.1 cm³/mol. The highest BCUT2D eigenvalue weighted by atomic mass is 16.5. The number of aldehydes is 1. The average molecular weight is 276 g/mol. The van der Waals surface area contributed by atoms with Crippen LogP contribution in [0, 0.1) is 19.8 Å². The molecule has 0 saturated carbocycles. The molecule has 0 bridgehead atoms. The van der Waals surface area contributed by atoms with Crippen LogP contribution in [-0.2, 0) is 15.0 Å². The second-order valence-electron chi connectivity index (χ2n) is 6.29. The van der Waals surface area contributed by atoms with Gasteiger partial charge in [0.2, 0.25) is 0 Å². The summed E-state index contributed by atoms with van der Waals surface area (Å²) in [5, 5.41) is 0. The summed E-state index contributed by atoms with van der Waals surface area (Å²) in [6.07, 6.45) is 1.30. The van der Waals surface area contributed by atoms with E-state index >= 15 is 0 Å². The van der Waals surface area contributed by atoms with Crippen LogP contribution in [0.3, 0.4) is 0 Å². The molecule has 1 aromatic carbocycles. The highest BCUT2D eigenvalue weighted by molar-refractivity contribution is 5.75. The van der Waals surface area contributed by atoms with Gasteiger partial charge in [-0.3, -0.25) is 4.79 Å². The van der Waals surface area contributed by atoms with Gasteiger partial charge in [0.15, 0.2) is 0 Å². The number of carbonyl (C=O) groups is 2. The molecule has 0 fully saturated rings. The monoisotopic (exact) mass is 276 g/mol. The lowest BCUT2D eigenvalue weighted by Gasteiger charge is -2.27. The molecule has 110 valence electrons. The number of rotatable bonds is 5. The number of benzene rings is 1. The summed E-state index contributed by atoms with van der Waals surface area (Å²) in [5.41, 5.74) is 2.67. The molecule has 0 amide bonds. The Morgan fingerprint density at radius 2 is 1.90 bits per heavy atom. The summed E-state index contributed by atoms with van der Waals surface area (Å²) < 4.78 is 5.55. The van der Waals surface area contributed by atoms with Gasteiger partial charge in [0, 0.05) is 17.4 Å². The molecule has 0 radical (unpaired) electrons. The topological polar surface area (TPSA) is 43.4 Å². The van der Waals surface area contributed by atoms with Crippen molar-refractivity contribution in [1.29, 1.82) is 0 Å². The summed E-state index contributed by atoms with van der Waals surface area (Å²) >= 11 is 0. The van der Waals surface area contributed by atoms with Crippen molar-refractivity contribution in [1.82, 2.24) is 0 Å². The third kappa shape index (κ3) is 3.69. The van der Waals surface area contributed by atoms with Crippen LogP contribution in [0.15, 0.2) is 12.1 Å². The predicted octanol–water partition coefficient (Wildman–Crippen LogP) is 3.73. The van der Waals surface area contributed by atoms with Crippen LogP contribution < -0.4 is 4.74 Å². The molecule has 0 atom stereocenters. The molecule has 0 saturated heterocycles. The largest absolute Gasteiger partial charge is 0.426 e. The summed E-state index contributed by atoms with van der Waals surface area (Å²) in [6, 6.07) is 3.92. The Morgan fingerprint density at radius 1 is 1.30 bits per heavy atom. The number of hydrogen-bond acceptors (Lipinski definition) is 3. The molecule has 1 aromatic rings. The van der Waals surface area contributed by atoms with Gasteiger partial charge in [-0.2, -0.15) is 0 Å². The lowest BCUT2D eigenvalue weighted by Crippen LogP contribution is -2.23. The van der Waals surface area contributed by atoms with Crippen LogP contribution in [-0.4, -0.2) is 12.3 Å². The Hall–Kier alpha value is -1.64. The molecule has 0 spiro atoms. The van der Waals surface area contributed by atoms with Crippen LogP contribution in [0.1, 0.15) is 50.8 Å². The zero-order chi connectivity index (χ0) is 15.5. The van der Waals surface area contributed by atoms with Crippen molar-refractivity contribution < 1.29 is 14.3 Å². The van der Waals surface area contributed by atoms with E-state index in [-0.39, 0.29) is 17.3 Å². The van der Waals surface area contributed by atoms with Crippen LogP contribution in [0.4, 0.5) is 0 Å². The molecule has 0 aliphatic carbocycles. The van der Waals surface area contributed by atoms with Gasteiger partial charge in [-0.1, -0.05) is 33.8 Å². The number of esters is 1. The number of carbonyl (C=O) groups excluding carboxylic acids is 2. The standard InChI is InChI=1S/C17H24O3/c1-11(2)16(19)20-14-10-12(3)9-13(4)15(14)17(5,6)7-8-18/h8-11H,7H2,1-6H3. The van der Waals surface area contributed by atoms with Gasteiger partial charge in [0.1, 0.15) is 12.0 Å². The highest BCUT2D eigenvalue weighted by Gasteiger charge is 2.27. The van der Waals surface area contributed by atoms with E-state index in [1.165, 1.54) is 0 Å². The first kappa shape index (κ1) is 16.4. The molecule has 1 rings (SSSR count). The minimum Gasteiger partial charge on any atom is -0.426 e. The molecule has 0 aliphatic heterocycles. The zero-order valence-corrected chi connectivity index (χ0v) is 13.2. The van der Waals surface area contributed by atoms with E-state index in [4.69, 9.17) is 4.74 Å². The van der Waals surface area contributed by atoms with E-state index in [1.54, 1.807) is 13.8 Å². The van der Waals surface area contributed by atoms with Gasteiger partial charge in [-0.15, -0.1) is 0 Å². The second-order valence-corrected chi connectivity index (χ2v) is 6.29. The quantitative estimate of drug-likeness (QED) is 0.467. The molecule has 0 N–H and O–H groups in total. The maximum Gasteiger partial charge on any atom is 0.313 e. The summed E-state index contributed by atoms with van der Waals surface area (Å²) in [4.78, 5) is 22.8. The Labute approximate surface area is 121 Å². The first-order chi connectivity index (χ1) is 9.19. The Morgan fingerprint density at radius 3 is 2.40 bits per heavy atom. The first-order valence-corrected chi connectivity index (χ1v) is 6.96. The van der Waals surface area contributed by atoms with Crippen molar-refractivity contribution >= 4 is 12.3 Å². The summed E-state index contributed by atoms with van der Waals surface area (Å²) in [5.74, 6) is 0.143. The van der Waals surface area contributed by atoms with Crippen molar-refractivity contribution in [2.75, 3.05) is 0 Å². The van der Waals surface area contributed by atoms with E-state index in [0.717, 1.165) is 23.0 Å². The van der Waals surface area contributed by atoms with Crippen molar-refractivity contribution in [3.63, 3.8) is 0 Å². The summed E-state index contributed by atoms with van der Waals surface area (Å²) in [7, 11) is 0. The molecule has 0 aliphatic rings. The fourth-order valence-electron chi connectivity index (χ4n) is 2.41. The van der Waals surface area contributed by atoms with E-state index < -0.39 is 0 Å². The van der Waals surface area contributed by atoms with Crippen LogP contribution >= 0.6 is 0 Å². The van der Waals surface area contributed by atoms with E-state index in [9.17, 15) is 9.59 Å². The molecule has 0 unspecified atom stereocenters. The maximum atomic E-state index is 11.9. The van der Waals surface area contributed by atoms with Crippen LogP contribution in [0.2, 0.25) is 0 Å². The van der Waals surface area contributed by atoms with Gasteiger partial charge in [-0.05, 0) is 31.0 Å². The van der Waals surface area contributed by atoms with Crippen LogP contribution in [0.5, 0.6) is 5.75 Å². The fraction of sp³-hybridized carbons (Fsp3) is 0.529. The molecule has 0 heterocycles. The fourth-order valence-corrected chi connectivity index (χ4v) is 2.41. The van der Waals surface area contributed by atoms with Gasteiger partial charge in [0.05, 0.1) is 5.92 Å². The SMILES string of the molecule is Cc1cc(C)c(C(C)(C)CC=O)c(OC(=O)C(C)C)c1. The first-order valence-electron chi connectivity index (χ1n) is 6.96. The summed E-state index contributed by atoms with van der Waals surface area (Å²) in [6.45, 7) is 11.6. The lowest BCUT2D eigenvalue weighted by atomic mass is 9.78. The van der Waals surface area contributed by atoms with E-state index in [0.29, 0.717) is 12.2 Å². The average Bonchev–Trinajstić information content (AvgIpc) is 2.26. The van der Waals surface area contributed by atoms with Crippen molar-refractivity contribution in [2.24, 2.45) is 5.92 Å². The Kier molecular flexibility index (Phi) is 5.09. The van der Waals surface area contributed by atoms with Crippen molar-refractivity contribution in [3.8, 4) is 5.75 Å². The minimum absolute atomic E-state index is 0.183. The van der Waals surface area contributed by atoms with Gasteiger partial charge >= 0.3 is 5.97 Å². The molecule has 0 aromatic heterocycles. The van der Waals surface area contributed by atoms with E-state index in [1.807, 2.05) is 33.8 Å². The van der Waals surface area contributed by atoms with E-state index in [2.05, 4.69) is 6.07 Å². The Bertz CT molecular complexity index is 513. The van der Waals surface area contributed by atoms with Gasteiger partial charge in [0.25, 0.3) is 0 Å². The minimum atomic E-state index is -0.355. The normalized spacial score (nSPS) is 11.6. The number of ether oxygens (including phenoxy) is 1.